The lowest BCUT2D eigenvalue weighted by Gasteiger charge is -2.19. The number of anilines is 1. The Bertz CT molecular complexity index is 808. The molecule has 0 aliphatic carbocycles. The second kappa shape index (κ2) is 7.41. The molecule has 2 aromatic rings. The smallest absolute Gasteiger partial charge is 0.227 e. The molecule has 0 spiro atoms. The van der Waals surface area contributed by atoms with E-state index in [2.05, 4.69) is 10.3 Å². The molecule has 1 aromatic heterocycles. The van der Waals surface area contributed by atoms with Gasteiger partial charge in [-0.3, -0.25) is 9.59 Å². The summed E-state index contributed by atoms with van der Waals surface area (Å²) in [6, 6.07) is 5.09. The summed E-state index contributed by atoms with van der Waals surface area (Å²) in [4.78, 5) is 30.7. The van der Waals surface area contributed by atoms with Gasteiger partial charge in [-0.1, -0.05) is 11.6 Å². The first-order chi connectivity index (χ1) is 12.0. The van der Waals surface area contributed by atoms with E-state index in [1.807, 2.05) is 12.3 Å². The van der Waals surface area contributed by atoms with E-state index in [0.717, 1.165) is 10.7 Å². The molecule has 1 aromatic carbocycles. The Morgan fingerprint density at radius 2 is 2.32 bits per heavy atom. The van der Waals surface area contributed by atoms with Crippen LogP contribution in [0.25, 0.3) is 0 Å². The molecule has 1 atom stereocenters. The summed E-state index contributed by atoms with van der Waals surface area (Å²) in [5.41, 5.74) is 1.42. The molecule has 0 radical (unpaired) electrons. The number of amides is 2. The Balaban J connectivity index is 1.67. The number of benzene rings is 1. The van der Waals surface area contributed by atoms with Gasteiger partial charge in [-0.2, -0.15) is 0 Å². The third kappa shape index (κ3) is 3.93. The fourth-order valence-electron chi connectivity index (χ4n) is 2.80. The first-order valence-corrected chi connectivity index (χ1v) is 9.06. The Morgan fingerprint density at radius 1 is 1.52 bits per heavy atom. The van der Waals surface area contributed by atoms with E-state index in [0.29, 0.717) is 29.5 Å². The van der Waals surface area contributed by atoms with Crippen molar-refractivity contribution in [2.45, 2.75) is 19.9 Å². The molecule has 8 heteroatoms. The van der Waals surface area contributed by atoms with E-state index < -0.39 is 5.92 Å². The number of carbonyl (C=O) groups excluding carboxylic acids is 2. The molecular formula is C17H18ClN3O3S. The van der Waals surface area contributed by atoms with Gasteiger partial charge in [-0.05, 0) is 25.1 Å². The van der Waals surface area contributed by atoms with Crippen molar-refractivity contribution >= 4 is 40.4 Å². The van der Waals surface area contributed by atoms with E-state index in [-0.39, 0.29) is 18.2 Å². The second-order valence-electron chi connectivity index (χ2n) is 5.80. The average Bonchev–Trinajstić information content (AvgIpc) is 3.18. The zero-order chi connectivity index (χ0) is 18.0. The fourth-order valence-corrected chi connectivity index (χ4v) is 3.58. The first-order valence-electron chi connectivity index (χ1n) is 7.80. The van der Waals surface area contributed by atoms with Gasteiger partial charge in [0, 0.05) is 23.4 Å². The monoisotopic (exact) mass is 379 g/mol. The Hall–Kier alpha value is -2.12. The molecule has 2 amide bonds. The number of hydrogen-bond acceptors (Lipinski definition) is 5. The lowest BCUT2D eigenvalue weighted by Crippen LogP contribution is -2.32. The van der Waals surface area contributed by atoms with Gasteiger partial charge >= 0.3 is 0 Å². The van der Waals surface area contributed by atoms with E-state index in [1.165, 1.54) is 7.11 Å². The number of thiazole rings is 1. The van der Waals surface area contributed by atoms with Crippen molar-refractivity contribution in [3.8, 4) is 5.75 Å². The standard InChI is InChI=1S/C17H18ClN3O3S/c1-10-20-13(9-25-10)7-19-17(23)11-5-16(22)21(8-11)14-6-12(18)3-4-15(14)24-2/h3-4,6,9,11H,5,7-8H2,1-2H3,(H,19,23). The Morgan fingerprint density at radius 3 is 3.00 bits per heavy atom. The molecule has 1 saturated heterocycles. The van der Waals surface area contributed by atoms with Crippen LogP contribution >= 0.6 is 22.9 Å². The highest BCUT2D eigenvalue weighted by Gasteiger charge is 2.36. The minimum atomic E-state index is -0.407. The molecule has 6 nitrogen and oxygen atoms in total. The van der Waals surface area contributed by atoms with Crippen molar-refractivity contribution in [1.82, 2.24) is 10.3 Å². The number of nitrogens with one attached hydrogen (secondary N) is 1. The topological polar surface area (TPSA) is 71.5 Å². The minimum absolute atomic E-state index is 0.120. The lowest BCUT2D eigenvalue weighted by molar-refractivity contribution is -0.126. The average molecular weight is 380 g/mol. The molecule has 1 unspecified atom stereocenters. The van der Waals surface area contributed by atoms with Crippen LogP contribution in [0.4, 0.5) is 5.69 Å². The zero-order valence-corrected chi connectivity index (χ0v) is 15.5. The number of nitrogens with zero attached hydrogens (tertiary/aromatic N) is 2. The van der Waals surface area contributed by atoms with Crippen LogP contribution < -0.4 is 15.0 Å². The zero-order valence-electron chi connectivity index (χ0n) is 13.9. The predicted molar refractivity (Wildman–Crippen MR) is 97.2 cm³/mol. The van der Waals surface area contributed by atoms with Gasteiger partial charge in [0.25, 0.3) is 0 Å². The normalized spacial score (nSPS) is 17.0. The molecule has 1 aliphatic heterocycles. The molecule has 2 heterocycles. The molecule has 1 N–H and O–H groups in total. The number of methoxy groups -OCH3 is 1. The Kier molecular flexibility index (Phi) is 5.24. The van der Waals surface area contributed by atoms with Crippen LogP contribution in [-0.4, -0.2) is 30.5 Å². The number of rotatable bonds is 5. The lowest BCUT2D eigenvalue weighted by atomic mass is 10.1. The van der Waals surface area contributed by atoms with E-state index in [1.54, 1.807) is 34.4 Å². The van der Waals surface area contributed by atoms with E-state index in [9.17, 15) is 9.59 Å². The summed E-state index contributed by atoms with van der Waals surface area (Å²) in [6.07, 6.45) is 0.164. The number of ether oxygens (including phenoxy) is 1. The van der Waals surface area contributed by atoms with Gasteiger partial charge < -0.3 is 15.0 Å². The van der Waals surface area contributed by atoms with Crippen LogP contribution in [0.5, 0.6) is 5.75 Å². The van der Waals surface area contributed by atoms with Crippen molar-refractivity contribution in [3.05, 3.63) is 39.3 Å². The van der Waals surface area contributed by atoms with Crippen LogP contribution in [0.3, 0.4) is 0 Å². The minimum Gasteiger partial charge on any atom is -0.495 e. The van der Waals surface area contributed by atoms with Crippen LogP contribution in [0, 0.1) is 12.8 Å². The van der Waals surface area contributed by atoms with Gasteiger partial charge in [-0.15, -0.1) is 11.3 Å². The number of aryl methyl sites for hydroxylation is 1. The van der Waals surface area contributed by atoms with E-state index >= 15 is 0 Å². The maximum Gasteiger partial charge on any atom is 0.227 e. The summed E-state index contributed by atoms with van der Waals surface area (Å²) in [5.74, 6) is -0.125. The van der Waals surface area contributed by atoms with Crippen LogP contribution in [0.1, 0.15) is 17.1 Å². The van der Waals surface area contributed by atoms with Crippen molar-refractivity contribution in [1.29, 1.82) is 0 Å². The quantitative estimate of drug-likeness (QED) is 0.867. The van der Waals surface area contributed by atoms with Crippen LogP contribution in [-0.2, 0) is 16.1 Å². The largest absolute Gasteiger partial charge is 0.495 e. The molecule has 132 valence electrons. The maximum atomic E-state index is 12.4. The van der Waals surface area contributed by atoms with Gasteiger partial charge in [0.15, 0.2) is 0 Å². The fraction of sp³-hybridized carbons (Fsp3) is 0.353. The van der Waals surface area contributed by atoms with Crippen molar-refractivity contribution < 1.29 is 14.3 Å². The third-order valence-electron chi connectivity index (χ3n) is 4.04. The number of hydrogen-bond donors (Lipinski definition) is 1. The molecule has 1 aliphatic rings. The maximum absolute atomic E-state index is 12.4. The summed E-state index contributed by atoms with van der Waals surface area (Å²) in [7, 11) is 1.54. The molecule has 25 heavy (non-hydrogen) atoms. The summed E-state index contributed by atoms with van der Waals surface area (Å²) >= 11 is 7.58. The Labute approximate surface area is 154 Å². The first kappa shape index (κ1) is 17.7. The van der Waals surface area contributed by atoms with Crippen molar-refractivity contribution in [2.24, 2.45) is 5.92 Å². The third-order valence-corrected chi connectivity index (χ3v) is 5.10. The predicted octanol–water partition coefficient (Wildman–Crippen LogP) is 2.78. The molecule has 1 fully saturated rings. The molecule has 0 bridgehead atoms. The van der Waals surface area contributed by atoms with Crippen molar-refractivity contribution in [2.75, 3.05) is 18.6 Å². The van der Waals surface area contributed by atoms with Crippen molar-refractivity contribution in [3.63, 3.8) is 0 Å². The highest BCUT2D eigenvalue weighted by molar-refractivity contribution is 7.09. The summed E-state index contributed by atoms with van der Waals surface area (Å²) in [6.45, 7) is 2.59. The molecule has 0 saturated carbocycles. The number of halogens is 1. The summed E-state index contributed by atoms with van der Waals surface area (Å²) < 4.78 is 5.30. The van der Waals surface area contributed by atoms with E-state index in [4.69, 9.17) is 16.3 Å². The second-order valence-corrected chi connectivity index (χ2v) is 7.30. The van der Waals surface area contributed by atoms with Gasteiger partial charge in [0.1, 0.15) is 5.75 Å². The highest BCUT2D eigenvalue weighted by Crippen LogP contribution is 2.35. The molecular weight excluding hydrogens is 362 g/mol. The van der Waals surface area contributed by atoms with Gasteiger partial charge in [-0.25, -0.2) is 4.98 Å². The van der Waals surface area contributed by atoms with Crippen LogP contribution in [0.15, 0.2) is 23.6 Å². The molecule has 3 rings (SSSR count). The SMILES string of the molecule is COc1ccc(Cl)cc1N1CC(C(=O)NCc2csc(C)n2)CC1=O. The van der Waals surface area contributed by atoms with Gasteiger partial charge in [0.05, 0.1) is 36.0 Å². The van der Waals surface area contributed by atoms with Gasteiger partial charge in [0.2, 0.25) is 11.8 Å². The highest BCUT2D eigenvalue weighted by atomic mass is 35.5. The summed E-state index contributed by atoms with van der Waals surface area (Å²) in [5, 5.41) is 6.24. The number of carbonyl (C=O) groups is 2. The van der Waals surface area contributed by atoms with Crippen LogP contribution in [0.2, 0.25) is 5.02 Å². The number of aromatic nitrogens is 1.